The fourth-order valence-electron chi connectivity index (χ4n) is 2.70. The maximum Gasteiger partial charge on any atom is 0.243 e. The molecule has 0 bridgehead atoms. The van der Waals surface area contributed by atoms with Crippen molar-refractivity contribution in [2.45, 2.75) is 37.8 Å². The molecule has 1 saturated heterocycles. The summed E-state index contributed by atoms with van der Waals surface area (Å²) in [6.45, 7) is 5.42. The first-order chi connectivity index (χ1) is 9.95. The first-order valence-corrected chi connectivity index (χ1v) is 10.2. The summed E-state index contributed by atoms with van der Waals surface area (Å²) in [6.07, 6.45) is -1.20. The Hall–Kier alpha value is -0.960. The summed E-state index contributed by atoms with van der Waals surface area (Å²) in [6, 6.07) is 2.43. The number of hydrogen-bond donors (Lipinski definition) is 1. The van der Waals surface area contributed by atoms with Crippen molar-refractivity contribution in [3.63, 3.8) is 0 Å². The van der Waals surface area contributed by atoms with Crippen LogP contribution in [0.15, 0.2) is 17.0 Å². The minimum atomic E-state index is -3.87. The third-order valence-corrected chi connectivity index (χ3v) is 7.93. The minimum absolute atomic E-state index is 0.148. The number of aryl methyl sites for hydroxylation is 3. The van der Waals surface area contributed by atoms with E-state index in [1.807, 2.05) is 13.8 Å². The molecular weight excluding hydrogens is 326 g/mol. The summed E-state index contributed by atoms with van der Waals surface area (Å²) in [5.41, 5.74) is 2.44. The van der Waals surface area contributed by atoms with E-state index in [4.69, 9.17) is 0 Å². The van der Waals surface area contributed by atoms with Crippen LogP contribution < -0.4 is 0 Å². The second kappa shape index (κ2) is 5.59. The first kappa shape index (κ1) is 17.4. The topological polar surface area (TPSA) is 91.8 Å². The van der Waals surface area contributed by atoms with Gasteiger partial charge in [-0.25, -0.2) is 16.8 Å². The Labute approximate surface area is 131 Å². The van der Waals surface area contributed by atoms with Gasteiger partial charge < -0.3 is 5.11 Å². The molecule has 1 aliphatic rings. The van der Waals surface area contributed by atoms with E-state index in [0.29, 0.717) is 5.56 Å². The van der Waals surface area contributed by atoms with Crippen molar-refractivity contribution in [1.29, 1.82) is 0 Å². The fourth-order valence-corrected chi connectivity index (χ4v) is 6.32. The predicted octanol–water partition coefficient (Wildman–Crippen LogP) is 0.390. The monoisotopic (exact) mass is 347 g/mol. The minimum Gasteiger partial charge on any atom is -0.390 e. The van der Waals surface area contributed by atoms with E-state index in [1.165, 1.54) is 7.05 Å². The summed E-state index contributed by atoms with van der Waals surface area (Å²) < 4.78 is 49.8. The zero-order chi connectivity index (χ0) is 16.9. The molecule has 1 fully saturated rings. The Morgan fingerprint density at radius 2 is 1.64 bits per heavy atom. The molecule has 1 aliphatic heterocycles. The molecule has 1 heterocycles. The van der Waals surface area contributed by atoms with Crippen molar-refractivity contribution in [3.8, 4) is 0 Å². The average molecular weight is 347 g/mol. The maximum atomic E-state index is 12.8. The molecule has 0 aromatic heterocycles. The Kier molecular flexibility index (Phi) is 4.42. The van der Waals surface area contributed by atoms with Crippen LogP contribution in [0.25, 0.3) is 0 Å². The van der Waals surface area contributed by atoms with E-state index in [-0.39, 0.29) is 10.6 Å². The number of hydrogen-bond acceptors (Lipinski definition) is 5. The van der Waals surface area contributed by atoms with E-state index >= 15 is 0 Å². The molecular formula is C14H21NO5S2. The van der Waals surface area contributed by atoms with E-state index in [1.54, 1.807) is 19.1 Å². The Bertz CT molecular complexity index is 799. The van der Waals surface area contributed by atoms with Crippen LogP contribution in [0.1, 0.15) is 16.7 Å². The normalized spacial score (nSPS) is 24.8. The Morgan fingerprint density at radius 1 is 1.09 bits per heavy atom. The average Bonchev–Trinajstić information content (AvgIpc) is 2.66. The van der Waals surface area contributed by atoms with Gasteiger partial charge >= 0.3 is 0 Å². The lowest BCUT2D eigenvalue weighted by atomic mass is 10.1. The molecule has 6 nitrogen and oxygen atoms in total. The van der Waals surface area contributed by atoms with Crippen LogP contribution in [0.5, 0.6) is 0 Å². The van der Waals surface area contributed by atoms with Gasteiger partial charge in [0.1, 0.15) is 0 Å². The highest BCUT2D eigenvalue weighted by Gasteiger charge is 2.43. The van der Waals surface area contributed by atoms with Gasteiger partial charge in [-0.3, -0.25) is 0 Å². The van der Waals surface area contributed by atoms with Gasteiger partial charge in [0.05, 0.1) is 28.5 Å². The van der Waals surface area contributed by atoms with Crippen molar-refractivity contribution in [1.82, 2.24) is 4.31 Å². The molecule has 1 N–H and O–H groups in total. The number of nitrogens with zero attached hydrogens (tertiary/aromatic N) is 1. The standard InChI is InChI=1S/C14H21NO5S2/c1-9-5-11(3)14(6-10(9)2)22(19,20)15(4)12-7-21(17,18)8-13(12)16/h5-6,12-13,16H,7-8H2,1-4H3/t12-,13-/m1/s1. The maximum absolute atomic E-state index is 12.8. The van der Waals surface area contributed by atoms with Crippen molar-refractivity contribution in [2.75, 3.05) is 18.6 Å². The molecule has 0 spiro atoms. The number of sulfone groups is 1. The number of rotatable bonds is 3. The summed E-state index contributed by atoms with van der Waals surface area (Å²) in [7, 11) is -5.96. The summed E-state index contributed by atoms with van der Waals surface area (Å²) in [5.74, 6) is -0.753. The van der Waals surface area contributed by atoms with Gasteiger partial charge in [0, 0.05) is 7.05 Å². The van der Waals surface area contributed by atoms with Gasteiger partial charge in [-0.1, -0.05) is 6.07 Å². The van der Waals surface area contributed by atoms with Crippen LogP contribution in [-0.4, -0.2) is 56.9 Å². The number of aliphatic hydroxyl groups excluding tert-OH is 1. The largest absolute Gasteiger partial charge is 0.390 e. The molecule has 1 aromatic carbocycles. The van der Waals surface area contributed by atoms with Crippen LogP contribution in [0, 0.1) is 20.8 Å². The van der Waals surface area contributed by atoms with Crippen LogP contribution in [-0.2, 0) is 19.9 Å². The molecule has 124 valence electrons. The van der Waals surface area contributed by atoms with Gasteiger partial charge in [0.25, 0.3) is 0 Å². The molecule has 8 heteroatoms. The lowest BCUT2D eigenvalue weighted by Gasteiger charge is -2.26. The van der Waals surface area contributed by atoms with Crippen LogP contribution >= 0.6 is 0 Å². The first-order valence-electron chi connectivity index (χ1n) is 6.90. The molecule has 0 saturated carbocycles. The Morgan fingerprint density at radius 3 is 2.14 bits per heavy atom. The van der Waals surface area contributed by atoms with E-state index in [2.05, 4.69) is 0 Å². The highest BCUT2D eigenvalue weighted by Crippen LogP contribution is 2.27. The van der Waals surface area contributed by atoms with Gasteiger partial charge in [-0.05, 0) is 43.5 Å². The SMILES string of the molecule is Cc1cc(C)c(S(=O)(=O)N(C)[C@@H]2CS(=O)(=O)C[C@H]2O)cc1C. The van der Waals surface area contributed by atoms with Crippen molar-refractivity contribution >= 4 is 19.9 Å². The molecule has 0 unspecified atom stereocenters. The number of sulfonamides is 1. The van der Waals surface area contributed by atoms with E-state index in [9.17, 15) is 21.9 Å². The molecule has 0 radical (unpaired) electrons. The van der Waals surface area contributed by atoms with E-state index in [0.717, 1.165) is 15.4 Å². The predicted molar refractivity (Wildman–Crippen MR) is 84.1 cm³/mol. The van der Waals surface area contributed by atoms with Crippen LogP contribution in [0.2, 0.25) is 0 Å². The van der Waals surface area contributed by atoms with Gasteiger partial charge in [0.15, 0.2) is 9.84 Å². The lowest BCUT2D eigenvalue weighted by Crippen LogP contribution is -2.44. The third kappa shape index (κ3) is 3.05. The van der Waals surface area contributed by atoms with Crippen molar-refractivity contribution in [3.05, 3.63) is 28.8 Å². The lowest BCUT2D eigenvalue weighted by molar-refractivity contribution is 0.137. The highest BCUT2D eigenvalue weighted by molar-refractivity contribution is 7.92. The molecule has 2 atom stereocenters. The molecule has 22 heavy (non-hydrogen) atoms. The van der Waals surface area contributed by atoms with Gasteiger partial charge in [-0.15, -0.1) is 0 Å². The Balaban J connectivity index is 2.45. The van der Waals surface area contributed by atoms with Crippen molar-refractivity contribution in [2.24, 2.45) is 0 Å². The summed E-state index contributed by atoms with van der Waals surface area (Å²) in [5, 5.41) is 9.89. The van der Waals surface area contributed by atoms with Gasteiger partial charge in [-0.2, -0.15) is 4.31 Å². The summed E-state index contributed by atoms with van der Waals surface area (Å²) in [4.78, 5) is 0.148. The quantitative estimate of drug-likeness (QED) is 0.854. The van der Waals surface area contributed by atoms with Crippen molar-refractivity contribution < 1.29 is 21.9 Å². The van der Waals surface area contributed by atoms with Crippen LogP contribution in [0.3, 0.4) is 0 Å². The smallest absolute Gasteiger partial charge is 0.243 e. The zero-order valence-corrected chi connectivity index (χ0v) is 14.7. The number of benzene rings is 1. The fraction of sp³-hybridized carbons (Fsp3) is 0.571. The second-order valence-corrected chi connectivity index (χ2v) is 10.1. The molecule has 1 aromatic rings. The highest BCUT2D eigenvalue weighted by atomic mass is 32.2. The summed E-state index contributed by atoms with van der Waals surface area (Å²) >= 11 is 0. The third-order valence-electron chi connectivity index (χ3n) is 4.21. The number of aliphatic hydroxyl groups is 1. The van der Waals surface area contributed by atoms with E-state index < -0.39 is 37.8 Å². The molecule has 2 rings (SSSR count). The zero-order valence-electron chi connectivity index (χ0n) is 13.1. The van der Waals surface area contributed by atoms with Gasteiger partial charge in [0.2, 0.25) is 10.0 Å². The molecule has 0 aliphatic carbocycles. The second-order valence-electron chi connectivity index (χ2n) is 5.93. The van der Waals surface area contributed by atoms with Crippen LogP contribution in [0.4, 0.5) is 0 Å². The number of likely N-dealkylation sites (N-methyl/N-ethyl adjacent to an activating group) is 1. The molecule has 0 amide bonds.